The Bertz CT molecular complexity index is 1030. The van der Waals surface area contributed by atoms with Gasteiger partial charge in [-0.25, -0.2) is 9.48 Å². The third kappa shape index (κ3) is 2.04. The fourth-order valence-electron chi connectivity index (χ4n) is 2.82. The molecule has 4 N–H and O–H groups in total. The maximum atomic E-state index is 11.4. The number of hydrogen-bond acceptors (Lipinski definition) is 3. The van der Waals surface area contributed by atoms with E-state index >= 15 is 0 Å². The van der Waals surface area contributed by atoms with Gasteiger partial charge in [-0.05, 0) is 12.1 Å². The number of aromatic amines is 1. The first kappa shape index (κ1) is 14.1. The molecule has 0 atom stereocenters. The second kappa shape index (κ2) is 5.27. The molecule has 4 aromatic rings. The number of carbonyl (C=O) groups is 1. The Morgan fingerprint density at radius 2 is 1.67 bits per heavy atom. The molecule has 0 saturated carbocycles. The van der Waals surface area contributed by atoms with Crippen LogP contribution in [0.15, 0.2) is 60.7 Å². The Labute approximate surface area is 137 Å². The topological polar surface area (TPSA) is 96.9 Å². The molecule has 0 spiro atoms. The second-order valence-electron chi connectivity index (χ2n) is 5.40. The van der Waals surface area contributed by atoms with Crippen LogP contribution < -0.4 is 5.73 Å². The molecule has 2 aromatic carbocycles. The first-order chi connectivity index (χ1) is 11.7. The van der Waals surface area contributed by atoms with Gasteiger partial charge in [0.25, 0.3) is 0 Å². The van der Waals surface area contributed by atoms with Gasteiger partial charge in [0.1, 0.15) is 17.0 Å². The molecule has 118 valence electrons. The van der Waals surface area contributed by atoms with Crippen LogP contribution in [-0.4, -0.2) is 25.8 Å². The van der Waals surface area contributed by atoms with E-state index in [2.05, 4.69) is 10.1 Å². The lowest BCUT2D eigenvalue weighted by Gasteiger charge is -2.02. The zero-order valence-electron chi connectivity index (χ0n) is 12.6. The molecule has 0 aliphatic rings. The summed E-state index contributed by atoms with van der Waals surface area (Å²) in [5.41, 5.74) is 9.18. The molecule has 0 unspecified atom stereocenters. The van der Waals surface area contributed by atoms with E-state index < -0.39 is 5.97 Å². The van der Waals surface area contributed by atoms with Crippen LogP contribution in [0.25, 0.3) is 28.0 Å². The highest BCUT2D eigenvalue weighted by molar-refractivity contribution is 6.09. The van der Waals surface area contributed by atoms with Crippen molar-refractivity contribution >= 4 is 22.7 Å². The van der Waals surface area contributed by atoms with Crippen LogP contribution in [0.2, 0.25) is 0 Å². The highest BCUT2D eigenvalue weighted by Gasteiger charge is 2.23. The molecule has 6 heteroatoms. The van der Waals surface area contributed by atoms with Gasteiger partial charge in [0.15, 0.2) is 0 Å². The zero-order valence-corrected chi connectivity index (χ0v) is 12.6. The van der Waals surface area contributed by atoms with Crippen LogP contribution in [-0.2, 0) is 0 Å². The van der Waals surface area contributed by atoms with E-state index in [1.54, 1.807) is 4.68 Å². The fraction of sp³-hybridized carbons (Fsp3) is 0. The number of nitrogen functional groups attached to an aromatic ring is 1. The molecule has 0 bridgehead atoms. The van der Waals surface area contributed by atoms with Crippen molar-refractivity contribution in [2.75, 3.05) is 5.73 Å². The summed E-state index contributed by atoms with van der Waals surface area (Å²) in [6, 6.07) is 19.1. The molecular formula is C18H14N4O2. The molecule has 0 amide bonds. The summed E-state index contributed by atoms with van der Waals surface area (Å²) >= 11 is 0. The molecule has 0 fully saturated rings. The summed E-state index contributed by atoms with van der Waals surface area (Å²) in [7, 11) is 0. The average molecular weight is 318 g/mol. The third-order valence-electron chi connectivity index (χ3n) is 3.93. The number of carboxylic acid groups (broad SMARTS) is 1. The molecule has 0 radical (unpaired) electrons. The highest BCUT2D eigenvalue weighted by atomic mass is 16.4. The normalized spacial score (nSPS) is 11.0. The quantitative estimate of drug-likeness (QED) is 0.540. The monoisotopic (exact) mass is 318 g/mol. The van der Waals surface area contributed by atoms with Gasteiger partial charge in [-0.1, -0.05) is 48.5 Å². The minimum atomic E-state index is -1.10. The molecule has 6 nitrogen and oxygen atoms in total. The Balaban J connectivity index is 2.08. The summed E-state index contributed by atoms with van der Waals surface area (Å²) in [5.74, 6) is -1.10. The van der Waals surface area contributed by atoms with Crippen LogP contribution in [0.1, 0.15) is 10.5 Å². The smallest absolute Gasteiger partial charge is 0.354 e. The van der Waals surface area contributed by atoms with E-state index in [4.69, 9.17) is 5.73 Å². The van der Waals surface area contributed by atoms with Crippen molar-refractivity contribution in [1.82, 2.24) is 14.8 Å². The number of aromatic carboxylic acids is 1. The van der Waals surface area contributed by atoms with E-state index in [0.717, 1.165) is 11.3 Å². The number of anilines is 1. The summed E-state index contributed by atoms with van der Waals surface area (Å²) in [6.07, 6.45) is 0. The highest BCUT2D eigenvalue weighted by Crippen LogP contribution is 2.35. The predicted molar refractivity (Wildman–Crippen MR) is 92.2 cm³/mol. The second-order valence-corrected chi connectivity index (χ2v) is 5.40. The molecule has 2 aromatic heterocycles. The predicted octanol–water partition coefficient (Wildman–Crippen LogP) is 3.30. The van der Waals surface area contributed by atoms with Crippen LogP contribution in [0.3, 0.4) is 0 Å². The minimum absolute atomic E-state index is 0.0238. The number of fused-ring (bicyclic) bond motifs is 1. The first-order valence-corrected chi connectivity index (χ1v) is 7.41. The van der Waals surface area contributed by atoms with Crippen LogP contribution in [0, 0.1) is 0 Å². The SMILES string of the molecule is Nc1c(C(=O)O)[nH]c2c1c(-c1ccccc1)nn2-c1ccccc1. The van der Waals surface area contributed by atoms with Gasteiger partial charge in [0, 0.05) is 5.56 Å². The largest absolute Gasteiger partial charge is 0.477 e. The Morgan fingerprint density at radius 1 is 1.04 bits per heavy atom. The maximum Gasteiger partial charge on any atom is 0.354 e. The van der Waals surface area contributed by atoms with E-state index in [0.29, 0.717) is 16.7 Å². The summed E-state index contributed by atoms with van der Waals surface area (Å²) in [6.45, 7) is 0. The summed E-state index contributed by atoms with van der Waals surface area (Å²) < 4.78 is 1.68. The van der Waals surface area contributed by atoms with Crippen molar-refractivity contribution in [2.24, 2.45) is 0 Å². The maximum absolute atomic E-state index is 11.4. The molecule has 0 saturated heterocycles. The van der Waals surface area contributed by atoms with E-state index in [1.807, 2.05) is 60.7 Å². The van der Waals surface area contributed by atoms with Gasteiger partial charge >= 0.3 is 5.97 Å². The minimum Gasteiger partial charge on any atom is -0.477 e. The standard InChI is InChI=1S/C18H14N4O2/c19-14-13-15(11-7-3-1-4-8-11)21-22(12-9-5-2-6-10-12)17(13)20-16(14)18(23)24/h1-10,20H,19H2,(H,23,24). The lowest BCUT2D eigenvalue weighted by atomic mass is 10.1. The van der Waals surface area contributed by atoms with Crippen molar-refractivity contribution in [1.29, 1.82) is 0 Å². The number of benzene rings is 2. The number of para-hydroxylation sites is 1. The number of rotatable bonds is 3. The number of nitrogens with two attached hydrogens (primary N) is 1. The number of H-pyrrole nitrogens is 1. The Hall–Kier alpha value is -3.54. The van der Waals surface area contributed by atoms with Crippen molar-refractivity contribution in [3.05, 3.63) is 66.4 Å². The van der Waals surface area contributed by atoms with Crippen LogP contribution in [0.4, 0.5) is 5.69 Å². The summed E-state index contributed by atoms with van der Waals surface area (Å²) in [4.78, 5) is 14.3. The van der Waals surface area contributed by atoms with Gasteiger partial charge in [0.2, 0.25) is 0 Å². The number of carboxylic acids is 1. The average Bonchev–Trinajstić information content (AvgIpc) is 3.15. The van der Waals surface area contributed by atoms with Crippen LogP contribution >= 0.6 is 0 Å². The van der Waals surface area contributed by atoms with E-state index in [1.165, 1.54) is 0 Å². The van der Waals surface area contributed by atoms with Gasteiger partial charge in [-0.3, -0.25) is 0 Å². The number of nitrogens with one attached hydrogen (secondary N) is 1. The number of nitrogens with zero attached hydrogens (tertiary/aromatic N) is 2. The zero-order chi connectivity index (χ0) is 16.7. The lowest BCUT2D eigenvalue weighted by Crippen LogP contribution is -2.03. The lowest BCUT2D eigenvalue weighted by molar-refractivity contribution is 0.0692. The van der Waals surface area contributed by atoms with E-state index in [-0.39, 0.29) is 11.4 Å². The fourth-order valence-corrected chi connectivity index (χ4v) is 2.82. The molecule has 2 heterocycles. The van der Waals surface area contributed by atoms with Gasteiger partial charge in [-0.15, -0.1) is 0 Å². The summed E-state index contributed by atoms with van der Waals surface area (Å²) in [5, 5.41) is 14.6. The molecule has 0 aliphatic heterocycles. The Kier molecular flexibility index (Phi) is 3.09. The van der Waals surface area contributed by atoms with Crippen LogP contribution in [0.5, 0.6) is 0 Å². The third-order valence-corrected chi connectivity index (χ3v) is 3.93. The Morgan fingerprint density at radius 3 is 2.29 bits per heavy atom. The van der Waals surface area contributed by atoms with Crippen molar-refractivity contribution in [2.45, 2.75) is 0 Å². The van der Waals surface area contributed by atoms with Gasteiger partial charge in [-0.2, -0.15) is 5.10 Å². The van der Waals surface area contributed by atoms with E-state index in [9.17, 15) is 9.90 Å². The molecular weight excluding hydrogens is 304 g/mol. The van der Waals surface area contributed by atoms with Gasteiger partial charge < -0.3 is 15.8 Å². The number of aromatic nitrogens is 3. The molecule has 4 rings (SSSR count). The van der Waals surface area contributed by atoms with Crippen molar-refractivity contribution < 1.29 is 9.90 Å². The molecule has 0 aliphatic carbocycles. The van der Waals surface area contributed by atoms with Crippen molar-refractivity contribution in [3.63, 3.8) is 0 Å². The molecule has 24 heavy (non-hydrogen) atoms. The van der Waals surface area contributed by atoms with Gasteiger partial charge in [0.05, 0.1) is 16.8 Å². The number of hydrogen-bond donors (Lipinski definition) is 3. The first-order valence-electron chi connectivity index (χ1n) is 7.41. The van der Waals surface area contributed by atoms with Crippen molar-refractivity contribution in [3.8, 4) is 16.9 Å².